The second-order valence-electron chi connectivity index (χ2n) is 1.84. The molecular weight excluding hydrogens is 182 g/mol. The van der Waals surface area contributed by atoms with Gasteiger partial charge in [-0.3, -0.25) is 0 Å². The first-order chi connectivity index (χ1) is 5.27. The SMILES string of the molecule is N#Cc1cc(SO)ccc1Cl. The molecular formula is C7H4ClNOS. The first-order valence-corrected chi connectivity index (χ1v) is 3.94. The Labute approximate surface area is 73.6 Å². The molecule has 1 N–H and O–H groups in total. The molecule has 0 aliphatic rings. The standard InChI is InChI=1S/C7H4ClNOS/c8-7-2-1-6(11-10)3-5(7)4-9/h1-3,10H. The predicted molar refractivity (Wildman–Crippen MR) is 44.7 cm³/mol. The van der Waals surface area contributed by atoms with Gasteiger partial charge in [0.25, 0.3) is 0 Å². The number of halogens is 1. The van der Waals surface area contributed by atoms with E-state index < -0.39 is 0 Å². The third kappa shape index (κ3) is 1.87. The van der Waals surface area contributed by atoms with E-state index in [9.17, 15) is 0 Å². The molecule has 0 aromatic heterocycles. The van der Waals surface area contributed by atoms with Crippen molar-refractivity contribution in [2.24, 2.45) is 0 Å². The van der Waals surface area contributed by atoms with Crippen LogP contribution in [0.5, 0.6) is 0 Å². The van der Waals surface area contributed by atoms with Gasteiger partial charge in [-0.15, -0.1) is 0 Å². The van der Waals surface area contributed by atoms with Crippen LogP contribution in [0.1, 0.15) is 5.56 Å². The first kappa shape index (κ1) is 8.41. The molecule has 0 aliphatic carbocycles. The van der Waals surface area contributed by atoms with Crippen LogP contribution in [0.3, 0.4) is 0 Å². The van der Waals surface area contributed by atoms with Gasteiger partial charge >= 0.3 is 0 Å². The average Bonchev–Trinajstić information content (AvgIpc) is 2.05. The third-order valence-corrected chi connectivity index (χ3v) is 1.96. The highest BCUT2D eigenvalue weighted by atomic mass is 35.5. The van der Waals surface area contributed by atoms with Crippen LogP contribution in [0.25, 0.3) is 0 Å². The molecule has 0 spiro atoms. The lowest BCUT2D eigenvalue weighted by molar-refractivity contribution is 0.664. The summed E-state index contributed by atoms with van der Waals surface area (Å²) in [5.74, 6) is 0. The van der Waals surface area contributed by atoms with Crippen LogP contribution < -0.4 is 0 Å². The maximum atomic E-state index is 8.61. The van der Waals surface area contributed by atoms with Crippen LogP contribution in [-0.2, 0) is 0 Å². The largest absolute Gasteiger partial charge is 0.325 e. The number of rotatable bonds is 1. The van der Waals surface area contributed by atoms with E-state index in [1.54, 1.807) is 12.1 Å². The minimum atomic E-state index is 0.380. The minimum absolute atomic E-state index is 0.380. The van der Waals surface area contributed by atoms with E-state index in [2.05, 4.69) is 0 Å². The number of hydrogen-bond acceptors (Lipinski definition) is 3. The molecule has 2 nitrogen and oxygen atoms in total. The second-order valence-corrected chi connectivity index (χ2v) is 2.91. The lowest BCUT2D eigenvalue weighted by atomic mass is 10.2. The van der Waals surface area contributed by atoms with Crippen LogP contribution >= 0.6 is 23.6 Å². The lowest BCUT2D eigenvalue weighted by Gasteiger charge is -1.96. The molecule has 0 atom stereocenters. The van der Waals surface area contributed by atoms with Crippen LogP contribution in [0.2, 0.25) is 5.02 Å². The molecule has 0 saturated carbocycles. The number of benzene rings is 1. The van der Waals surface area contributed by atoms with Gasteiger partial charge in [0.2, 0.25) is 0 Å². The van der Waals surface area contributed by atoms with E-state index in [0.29, 0.717) is 27.5 Å². The zero-order valence-corrected chi connectivity index (χ0v) is 6.99. The van der Waals surface area contributed by atoms with Crippen molar-refractivity contribution in [1.82, 2.24) is 0 Å². The summed E-state index contributed by atoms with van der Waals surface area (Å²) in [6, 6.07) is 6.68. The van der Waals surface area contributed by atoms with Crippen molar-refractivity contribution >= 4 is 23.6 Å². The topological polar surface area (TPSA) is 44.0 Å². The summed E-state index contributed by atoms with van der Waals surface area (Å²) in [4.78, 5) is 0.617. The summed E-state index contributed by atoms with van der Waals surface area (Å²) in [7, 11) is 0. The predicted octanol–water partition coefficient (Wildman–Crippen LogP) is 2.78. The van der Waals surface area contributed by atoms with Gasteiger partial charge in [-0.2, -0.15) is 5.26 Å². The lowest BCUT2D eigenvalue weighted by Crippen LogP contribution is -1.77. The minimum Gasteiger partial charge on any atom is -0.325 e. The van der Waals surface area contributed by atoms with Crippen molar-refractivity contribution in [3.8, 4) is 6.07 Å². The van der Waals surface area contributed by atoms with Crippen LogP contribution in [-0.4, -0.2) is 4.55 Å². The van der Waals surface area contributed by atoms with Crippen molar-refractivity contribution in [1.29, 1.82) is 5.26 Å². The molecule has 0 saturated heterocycles. The highest BCUT2D eigenvalue weighted by Gasteiger charge is 1.99. The third-order valence-electron chi connectivity index (χ3n) is 1.16. The molecule has 1 aromatic rings. The Morgan fingerprint density at radius 1 is 1.55 bits per heavy atom. The Morgan fingerprint density at radius 2 is 2.27 bits per heavy atom. The van der Waals surface area contributed by atoms with E-state index in [1.165, 1.54) is 6.07 Å². The van der Waals surface area contributed by atoms with Gasteiger partial charge in [0.05, 0.1) is 10.6 Å². The molecule has 1 rings (SSSR count). The molecule has 0 aliphatic heterocycles. The zero-order valence-electron chi connectivity index (χ0n) is 5.41. The maximum absolute atomic E-state index is 8.61. The Kier molecular flexibility index (Phi) is 2.77. The first-order valence-electron chi connectivity index (χ1n) is 2.79. The zero-order chi connectivity index (χ0) is 8.27. The summed E-state index contributed by atoms with van der Waals surface area (Å²) in [6.07, 6.45) is 0. The fourth-order valence-electron chi connectivity index (χ4n) is 0.647. The molecule has 0 radical (unpaired) electrons. The van der Waals surface area contributed by atoms with Gasteiger partial charge in [-0.05, 0) is 18.2 Å². The molecule has 11 heavy (non-hydrogen) atoms. The highest BCUT2D eigenvalue weighted by molar-refractivity contribution is 7.93. The van der Waals surface area contributed by atoms with Crippen LogP contribution in [0, 0.1) is 11.3 Å². The van der Waals surface area contributed by atoms with Gasteiger partial charge in [0.15, 0.2) is 0 Å². The van der Waals surface area contributed by atoms with Crippen LogP contribution in [0.15, 0.2) is 23.1 Å². The summed E-state index contributed by atoms with van der Waals surface area (Å²) in [5, 5.41) is 8.92. The van der Waals surface area contributed by atoms with Gasteiger partial charge in [0.1, 0.15) is 6.07 Å². The van der Waals surface area contributed by atoms with Crippen molar-refractivity contribution in [3.05, 3.63) is 28.8 Å². The summed E-state index contributed by atoms with van der Waals surface area (Å²) < 4.78 is 8.61. The Bertz CT molecular complexity index is 308. The summed E-state index contributed by atoms with van der Waals surface area (Å²) in [6.45, 7) is 0. The average molecular weight is 186 g/mol. The Morgan fingerprint density at radius 3 is 2.82 bits per heavy atom. The van der Waals surface area contributed by atoms with Gasteiger partial charge in [-0.1, -0.05) is 11.6 Å². The van der Waals surface area contributed by atoms with Crippen molar-refractivity contribution in [2.45, 2.75) is 4.90 Å². The summed E-state index contributed by atoms with van der Waals surface area (Å²) in [5.41, 5.74) is 0.380. The van der Waals surface area contributed by atoms with Crippen molar-refractivity contribution < 1.29 is 4.55 Å². The Hall–Kier alpha value is -0.690. The van der Waals surface area contributed by atoms with E-state index in [4.69, 9.17) is 21.4 Å². The molecule has 0 amide bonds. The Balaban J connectivity index is 3.15. The van der Waals surface area contributed by atoms with E-state index in [-0.39, 0.29) is 0 Å². The molecule has 56 valence electrons. The smallest absolute Gasteiger partial charge is 0.101 e. The number of nitriles is 1. The molecule has 0 fully saturated rings. The number of nitrogens with zero attached hydrogens (tertiary/aromatic N) is 1. The van der Waals surface area contributed by atoms with Gasteiger partial charge in [-0.25, -0.2) is 0 Å². The highest BCUT2D eigenvalue weighted by Crippen LogP contribution is 2.21. The normalized spacial score (nSPS) is 9.18. The fourth-order valence-corrected chi connectivity index (χ4v) is 1.11. The van der Waals surface area contributed by atoms with E-state index in [0.717, 1.165) is 0 Å². The van der Waals surface area contributed by atoms with E-state index >= 15 is 0 Å². The molecule has 1 aromatic carbocycles. The van der Waals surface area contributed by atoms with Crippen LogP contribution in [0.4, 0.5) is 0 Å². The molecule has 0 unspecified atom stereocenters. The monoisotopic (exact) mass is 185 g/mol. The quantitative estimate of drug-likeness (QED) is 0.685. The fraction of sp³-hybridized carbons (Fsp3) is 0. The summed E-state index contributed by atoms with van der Waals surface area (Å²) >= 11 is 6.24. The van der Waals surface area contributed by atoms with Crippen molar-refractivity contribution in [3.63, 3.8) is 0 Å². The second kappa shape index (κ2) is 3.63. The van der Waals surface area contributed by atoms with E-state index in [1.807, 2.05) is 6.07 Å². The van der Waals surface area contributed by atoms with Gasteiger partial charge < -0.3 is 4.55 Å². The molecule has 4 heteroatoms. The maximum Gasteiger partial charge on any atom is 0.101 e. The number of hydrogen-bond donors (Lipinski definition) is 1. The molecule has 0 bridgehead atoms. The molecule has 0 heterocycles. The van der Waals surface area contributed by atoms with Gasteiger partial charge in [0, 0.05) is 16.9 Å². The van der Waals surface area contributed by atoms with Crippen molar-refractivity contribution in [2.75, 3.05) is 0 Å².